The molecule has 2 aromatic rings. The molecule has 2 rings (SSSR count). The largest absolute Gasteiger partial charge is 0.493 e. The summed E-state index contributed by atoms with van der Waals surface area (Å²) in [5, 5.41) is 0. The van der Waals surface area contributed by atoms with E-state index < -0.39 is 0 Å². The molecule has 6 heteroatoms. The summed E-state index contributed by atoms with van der Waals surface area (Å²) in [5.41, 5.74) is 3.05. The van der Waals surface area contributed by atoms with Crippen molar-refractivity contribution < 1.29 is 28.5 Å². The van der Waals surface area contributed by atoms with E-state index in [9.17, 15) is 9.59 Å². The molecule has 0 spiro atoms. The summed E-state index contributed by atoms with van der Waals surface area (Å²) in [4.78, 5) is 23.7. The highest BCUT2D eigenvalue weighted by atomic mass is 16.5. The Labute approximate surface area is 184 Å². The molecule has 0 aliphatic heterocycles. The molecule has 0 aliphatic carbocycles. The molecule has 2 aromatic carbocycles. The molecule has 0 N–H and O–H groups in total. The molecule has 0 bridgehead atoms. The molecule has 0 unspecified atom stereocenters. The van der Waals surface area contributed by atoms with Crippen LogP contribution >= 0.6 is 0 Å². The van der Waals surface area contributed by atoms with Gasteiger partial charge in [0.25, 0.3) is 0 Å². The molecule has 0 heterocycles. The molecule has 0 saturated heterocycles. The first kappa shape index (κ1) is 24.3. The normalized spacial score (nSPS) is 10.7. The first-order valence-electron chi connectivity index (χ1n) is 10.4. The topological polar surface area (TPSA) is 71.1 Å². The average Bonchev–Trinajstić information content (AvgIpc) is 2.72. The number of ether oxygens (including phenoxy) is 4. The number of rotatable bonds is 11. The number of hydrogen-bond donors (Lipinski definition) is 0. The maximum absolute atomic E-state index is 12.0. The maximum Gasteiger partial charge on any atom is 0.161 e. The van der Waals surface area contributed by atoms with Gasteiger partial charge in [0, 0.05) is 17.5 Å². The van der Waals surface area contributed by atoms with E-state index in [1.165, 1.54) is 6.92 Å². The van der Waals surface area contributed by atoms with Crippen molar-refractivity contribution >= 4 is 11.6 Å². The fourth-order valence-electron chi connectivity index (χ4n) is 3.37. The molecule has 0 atom stereocenters. The second-order valence-corrected chi connectivity index (χ2v) is 7.73. The minimum Gasteiger partial charge on any atom is -0.493 e. The van der Waals surface area contributed by atoms with E-state index in [2.05, 4.69) is 0 Å². The number of carbonyl (C=O) groups excluding carboxylic acids is 2. The zero-order valence-corrected chi connectivity index (χ0v) is 19.5. The zero-order chi connectivity index (χ0) is 23.1. The molecule has 0 aromatic heterocycles. The van der Waals surface area contributed by atoms with Gasteiger partial charge in [-0.3, -0.25) is 9.59 Å². The van der Waals surface area contributed by atoms with Gasteiger partial charge in [0.2, 0.25) is 0 Å². The van der Waals surface area contributed by atoms with E-state index in [4.69, 9.17) is 18.9 Å². The minimum absolute atomic E-state index is 0.00184. The van der Waals surface area contributed by atoms with E-state index >= 15 is 0 Å². The van der Waals surface area contributed by atoms with Crippen LogP contribution in [0.4, 0.5) is 0 Å². The van der Waals surface area contributed by atoms with Crippen LogP contribution in [0.25, 0.3) is 0 Å². The average molecular weight is 429 g/mol. The number of ketones is 2. The Bertz CT molecular complexity index is 946. The van der Waals surface area contributed by atoms with E-state index in [0.29, 0.717) is 53.8 Å². The van der Waals surface area contributed by atoms with Crippen LogP contribution in [-0.4, -0.2) is 39.0 Å². The fourth-order valence-corrected chi connectivity index (χ4v) is 3.37. The number of benzene rings is 2. The van der Waals surface area contributed by atoms with Crippen LogP contribution in [0.5, 0.6) is 23.0 Å². The fraction of sp³-hybridized carbons (Fsp3) is 0.440. The number of aryl methyl sites for hydroxylation is 1. The van der Waals surface area contributed by atoms with Crippen LogP contribution in [0.3, 0.4) is 0 Å². The molecule has 0 fully saturated rings. The quantitative estimate of drug-likeness (QED) is 0.353. The van der Waals surface area contributed by atoms with Crippen LogP contribution in [0.1, 0.15) is 71.9 Å². The van der Waals surface area contributed by atoms with Crippen molar-refractivity contribution in [1.82, 2.24) is 0 Å². The van der Waals surface area contributed by atoms with E-state index in [-0.39, 0.29) is 17.5 Å². The van der Waals surface area contributed by atoms with Crippen molar-refractivity contribution in [2.24, 2.45) is 0 Å². The Balaban J connectivity index is 2.03. The number of Topliss-reactive ketones (excluding diaryl/α,β-unsaturated/α-hetero) is 2. The lowest BCUT2D eigenvalue weighted by molar-refractivity contribution is 0.100. The van der Waals surface area contributed by atoms with Crippen LogP contribution < -0.4 is 18.9 Å². The third-order valence-electron chi connectivity index (χ3n) is 5.03. The van der Waals surface area contributed by atoms with Gasteiger partial charge in [-0.25, -0.2) is 0 Å². The number of carbonyl (C=O) groups is 2. The highest BCUT2D eigenvalue weighted by Crippen LogP contribution is 2.35. The summed E-state index contributed by atoms with van der Waals surface area (Å²) in [6.45, 7) is 9.87. The summed E-state index contributed by atoms with van der Waals surface area (Å²) in [7, 11) is 3.11. The lowest BCUT2D eigenvalue weighted by Crippen LogP contribution is -2.09. The SMILES string of the molecule is COc1cc(C(C)=O)c(C)cc1OCCCOc1cc(C(C)C)c(C(C)=O)cc1OC. The summed E-state index contributed by atoms with van der Waals surface area (Å²) >= 11 is 0. The van der Waals surface area contributed by atoms with Gasteiger partial charge in [0.1, 0.15) is 0 Å². The lowest BCUT2D eigenvalue weighted by atomic mass is 9.94. The predicted molar refractivity (Wildman–Crippen MR) is 120 cm³/mol. The smallest absolute Gasteiger partial charge is 0.161 e. The van der Waals surface area contributed by atoms with Gasteiger partial charge in [-0.2, -0.15) is 0 Å². The van der Waals surface area contributed by atoms with Crippen molar-refractivity contribution in [3.63, 3.8) is 0 Å². The van der Waals surface area contributed by atoms with E-state index in [1.807, 2.05) is 32.9 Å². The van der Waals surface area contributed by atoms with Crippen molar-refractivity contribution in [3.05, 3.63) is 46.5 Å². The van der Waals surface area contributed by atoms with Gasteiger partial charge >= 0.3 is 0 Å². The summed E-state index contributed by atoms with van der Waals surface area (Å²) < 4.78 is 22.6. The number of hydrogen-bond acceptors (Lipinski definition) is 6. The molecule has 0 aliphatic rings. The Morgan fingerprint density at radius 3 is 1.71 bits per heavy atom. The Hall–Kier alpha value is -3.02. The van der Waals surface area contributed by atoms with Crippen molar-refractivity contribution in [1.29, 1.82) is 0 Å². The maximum atomic E-state index is 12.0. The molecule has 0 amide bonds. The first-order chi connectivity index (χ1) is 14.7. The first-order valence-corrected chi connectivity index (χ1v) is 10.4. The molecular weight excluding hydrogens is 396 g/mol. The van der Waals surface area contributed by atoms with Crippen LogP contribution in [0.15, 0.2) is 24.3 Å². The van der Waals surface area contributed by atoms with E-state index in [1.54, 1.807) is 33.3 Å². The molecule has 168 valence electrons. The molecule has 0 saturated carbocycles. The molecule has 0 radical (unpaired) electrons. The zero-order valence-electron chi connectivity index (χ0n) is 19.5. The lowest BCUT2D eigenvalue weighted by Gasteiger charge is -2.17. The Morgan fingerprint density at radius 2 is 1.26 bits per heavy atom. The van der Waals surface area contributed by atoms with Gasteiger partial charge in [-0.15, -0.1) is 0 Å². The minimum atomic E-state index is -0.0127. The molecule has 6 nitrogen and oxygen atoms in total. The van der Waals surface area contributed by atoms with Crippen molar-refractivity contribution in [3.8, 4) is 23.0 Å². The van der Waals surface area contributed by atoms with Crippen LogP contribution in [0.2, 0.25) is 0 Å². The molecular formula is C25H32O6. The second-order valence-electron chi connectivity index (χ2n) is 7.73. The van der Waals surface area contributed by atoms with Crippen molar-refractivity contribution in [2.45, 2.75) is 47.0 Å². The van der Waals surface area contributed by atoms with Gasteiger partial charge in [-0.05, 0) is 62.1 Å². The Kier molecular flexibility index (Phi) is 8.48. The number of methoxy groups -OCH3 is 2. The summed E-state index contributed by atoms with van der Waals surface area (Å²) in [6, 6.07) is 7.15. The monoisotopic (exact) mass is 428 g/mol. The van der Waals surface area contributed by atoms with Crippen LogP contribution in [-0.2, 0) is 0 Å². The standard InChI is InChI=1S/C25H32O6/c1-15(2)19-12-25(23(29-7)14-21(19)18(5)27)31-10-8-9-30-24-11-16(3)20(17(4)26)13-22(24)28-6/h11-15H,8-10H2,1-7H3. The predicted octanol–water partition coefficient (Wildman–Crippen LogP) is 5.39. The van der Waals surface area contributed by atoms with Crippen LogP contribution in [0, 0.1) is 6.92 Å². The summed E-state index contributed by atoms with van der Waals surface area (Å²) in [5.74, 6) is 2.44. The van der Waals surface area contributed by atoms with E-state index in [0.717, 1.165) is 11.1 Å². The highest BCUT2D eigenvalue weighted by molar-refractivity contribution is 5.97. The third kappa shape index (κ3) is 6.00. The second kappa shape index (κ2) is 10.8. The van der Waals surface area contributed by atoms with Crippen molar-refractivity contribution in [2.75, 3.05) is 27.4 Å². The Morgan fingerprint density at radius 1 is 0.774 bits per heavy atom. The van der Waals surface area contributed by atoms with Gasteiger partial charge < -0.3 is 18.9 Å². The molecule has 31 heavy (non-hydrogen) atoms. The van der Waals surface area contributed by atoms with Gasteiger partial charge in [0.15, 0.2) is 34.6 Å². The summed E-state index contributed by atoms with van der Waals surface area (Å²) in [6.07, 6.45) is 0.630. The third-order valence-corrected chi connectivity index (χ3v) is 5.03. The van der Waals surface area contributed by atoms with Gasteiger partial charge in [0.05, 0.1) is 27.4 Å². The highest BCUT2D eigenvalue weighted by Gasteiger charge is 2.17. The van der Waals surface area contributed by atoms with Gasteiger partial charge in [-0.1, -0.05) is 13.8 Å².